The van der Waals surface area contributed by atoms with Crippen LogP contribution in [0.5, 0.6) is 0 Å². The van der Waals surface area contributed by atoms with Gasteiger partial charge in [-0.25, -0.2) is 4.98 Å². The molecule has 2 aromatic rings. The zero-order valence-corrected chi connectivity index (χ0v) is 12.2. The lowest BCUT2D eigenvalue weighted by atomic mass is 10.1. The van der Waals surface area contributed by atoms with Crippen molar-refractivity contribution in [3.8, 4) is 11.8 Å². The topological polar surface area (TPSA) is 62.2 Å². The predicted octanol–water partition coefficient (Wildman–Crippen LogP) is 2.70. The van der Waals surface area contributed by atoms with Crippen molar-refractivity contribution in [3.63, 3.8) is 0 Å². The van der Waals surface area contributed by atoms with Crippen molar-refractivity contribution in [2.45, 2.75) is 6.92 Å². The molecule has 0 aliphatic rings. The quantitative estimate of drug-likeness (QED) is 0.839. The minimum Gasteiger partial charge on any atom is -0.384 e. The number of carbonyl (C=O) groups excluding carboxylic acids is 1. The highest BCUT2D eigenvalue weighted by molar-refractivity contribution is 7.16. The van der Waals surface area contributed by atoms with E-state index in [9.17, 15) is 4.79 Å². The molecule has 0 spiro atoms. The van der Waals surface area contributed by atoms with Crippen molar-refractivity contribution in [1.82, 2.24) is 4.98 Å². The fraction of sp³-hybridized carbons (Fsp3) is 0.143. The molecule has 1 heterocycles. The number of aryl methyl sites for hydroxylation is 1. The molecular formula is C14H11ClN2O2S. The zero-order chi connectivity index (χ0) is 14.5. The van der Waals surface area contributed by atoms with E-state index in [4.69, 9.17) is 16.7 Å². The normalized spacial score (nSPS) is 9.75. The first-order chi connectivity index (χ1) is 9.61. The summed E-state index contributed by atoms with van der Waals surface area (Å²) in [5, 5.41) is 12.2. The molecule has 4 nitrogen and oxygen atoms in total. The molecule has 0 fully saturated rings. The fourth-order valence-electron chi connectivity index (χ4n) is 1.50. The number of aromatic nitrogens is 1. The smallest absolute Gasteiger partial charge is 0.258 e. The van der Waals surface area contributed by atoms with Crippen LogP contribution in [0, 0.1) is 18.8 Å². The van der Waals surface area contributed by atoms with Gasteiger partial charge in [0.25, 0.3) is 5.91 Å². The summed E-state index contributed by atoms with van der Waals surface area (Å²) in [6, 6.07) is 5.27. The third kappa shape index (κ3) is 3.36. The number of nitrogens with one attached hydrogen (secondary N) is 1. The molecule has 0 atom stereocenters. The highest BCUT2D eigenvalue weighted by Gasteiger charge is 2.13. The number of carbonyl (C=O) groups is 1. The number of anilines is 1. The Balaban J connectivity index is 2.15. The van der Waals surface area contributed by atoms with E-state index in [0.29, 0.717) is 20.6 Å². The second-order valence-corrected chi connectivity index (χ2v) is 5.29. The van der Waals surface area contributed by atoms with Gasteiger partial charge < -0.3 is 5.11 Å². The number of nitrogens with zero attached hydrogens (tertiary/aromatic N) is 1. The van der Waals surface area contributed by atoms with E-state index in [2.05, 4.69) is 22.1 Å². The van der Waals surface area contributed by atoms with Crippen LogP contribution in [-0.4, -0.2) is 22.6 Å². The Kier molecular flexibility index (Phi) is 4.74. The summed E-state index contributed by atoms with van der Waals surface area (Å²) in [5.74, 6) is 4.94. The van der Waals surface area contributed by atoms with Crippen molar-refractivity contribution >= 4 is 34.0 Å². The van der Waals surface area contributed by atoms with Crippen LogP contribution in [0.25, 0.3) is 0 Å². The van der Waals surface area contributed by atoms with Crippen LogP contribution in [0.15, 0.2) is 24.4 Å². The number of hydrogen-bond donors (Lipinski definition) is 2. The number of aliphatic hydroxyl groups excluding tert-OH is 1. The molecule has 0 aliphatic heterocycles. The average Bonchev–Trinajstić information content (AvgIpc) is 2.87. The molecule has 2 rings (SSSR count). The van der Waals surface area contributed by atoms with Gasteiger partial charge in [-0.15, -0.1) is 0 Å². The van der Waals surface area contributed by atoms with E-state index < -0.39 is 0 Å². The molecule has 0 radical (unpaired) electrons. The molecule has 0 saturated carbocycles. The summed E-state index contributed by atoms with van der Waals surface area (Å²) in [6.45, 7) is 1.63. The minimum absolute atomic E-state index is 0.210. The lowest BCUT2D eigenvalue weighted by molar-refractivity contribution is 0.102. The van der Waals surface area contributed by atoms with Crippen molar-refractivity contribution in [3.05, 3.63) is 45.4 Å². The molecule has 6 heteroatoms. The summed E-state index contributed by atoms with van der Waals surface area (Å²) >= 11 is 7.34. The molecule has 1 aromatic carbocycles. The summed E-state index contributed by atoms with van der Waals surface area (Å²) in [7, 11) is 0. The molecular weight excluding hydrogens is 296 g/mol. The molecule has 0 saturated heterocycles. The lowest BCUT2D eigenvalue weighted by Gasteiger charge is -2.05. The van der Waals surface area contributed by atoms with Gasteiger partial charge in [-0.2, -0.15) is 0 Å². The van der Waals surface area contributed by atoms with E-state index in [1.165, 1.54) is 11.3 Å². The second-order valence-electron chi connectivity index (χ2n) is 3.88. The second kappa shape index (κ2) is 6.53. The maximum atomic E-state index is 12.1. The van der Waals surface area contributed by atoms with E-state index in [1.807, 2.05) is 13.0 Å². The van der Waals surface area contributed by atoms with Gasteiger partial charge in [0.1, 0.15) is 6.61 Å². The number of aliphatic hydroxyl groups is 1. The molecule has 1 aromatic heterocycles. The van der Waals surface area contributed by atoms with Crippen LogP contribution in [0.2, 0.25) is 5.02 Å². The van der Waals surface area contributed by atoms with Gasteiger partial charge in [0.15, 0.2) is 5.13 Å². The summed E-state index contributed by atoms with van der Waals surface area (Å²) < 4.78 is 0. The van der Waals surface area contributed by atoms with Crippen LogP contribution in [0.1, 0.15) is 20.8 Å². The number of amides is 1. The Labute approximate surface area is 125 Å². The van der Waals surface area contributed by atoms with Crippen molar-refractivity contribution < 1.29 is 9.90 Å². The van der Waals surface area contributed by atoms with E-state index >= 15 is 0 Å². The Morgan fingerprint density at radius 3 is 3.10 bits per heavy atom. The molecule has 0 bridgehead atoms. The summed E-state index contributed by atoms with van der Waals surface area (Å²) in [4.78, 5) is 16.8. The van der Waals surface area contributed by atoms with E-state index in [1.54, 1.807) is 18.3 Å². The number of thiazole rings is 1. The maximum Gasteiger partial charge on any atom is 0.258 e. The SMILES string of the molecule is Cc1cccc(C(=O)Nc2ncc(C#CCO)s2)c1Cl. The van der Waals surface area contributed by atoms with Crippen molar-refractivity contribution in [2.24, 2.45) is 0 Å². The highest BCUT2D eigenvalue weighted by Crippen LogP contribution is 2.23. The van der Waals surface area contributed by atoms with E-state index in [0.717, 1.165) is 5.56 Å². The number of benzene rings is 1. The van der Waals surface area contributed by atoms with Gasteiger partial charge >= 0.3 is 0 Å². The van der Waals surface area contributed by atoms with Gasteiger partial charge in [-0.1, -0.05) is 46.9 Å². The van der Waals surface area contributed by atoms with Crippen LogP contribution < -0.4 is 5.32 Å². The Morgan fingerprint density at radius 1 is 1.55 bits per heavy atom. The van der Waals surface area contributed by atoms with Gasteiger partial charge in [-0.05, 0) is 18.6 Å². The van der Waals surface area contributed by atoms with Crippen molar-refractivity contribution in [1.29, 1.82) is 0 Å². The fourth-order valence-corrected chi connectivity index (χ4v) is 2.40. The number of rotatable bonds is 2. The molecule has 0 aliphatic carbocycles. The van der Waals surface area contributed by atoms with Gasteiger partial charge in [0, 0.05) is 0 Å². The average molecular weight is 307 g/mol. The largest absolute Gasteiger partial charge is 0.384 e. The molecule has 20 heavy (non-hydrogen) atoms. The van der Waals surface area contributed by atoms with Crippen molar-refractivity contribution in [2.75, 3.05) is 11.9 Å². The maximum absolute atomic E-state index is 12.1. The monoisotopic (exact) mass is 306 g/mol. The van der Waals surface area contributed by atoms with Gasteiger partial charge in [0.2, 0.25) is 0 Å². The minimum atomic E-state index is -0.310. The Morgan fingerprint density at radius 2 is 2.35 bits per heavy atom. The summed E-state index contributed by atoms with van der Waals surface area (Å²) in [5.41, 5.74) is 1.25. The predicted molar refractivity (Wildman–Crippen MR) is 80.2 cm³/mol. The van der Waals surface area contributed by atoms with Gasteiger partial charge in [0.05, 0.1) is 21.7 Å². The molecule has 2 N–H and O–H groups in total. The van der Waals surface area contributed by atoms with Crippen LogP contribution >= 0.6 is 22.9 Å². The third-order valence-electron chi connectivity index (χ3n) is 2.45. The number of halogens is 1. The summed E-state index contributed by atoms with van der Waals surface area (Å²) in [6.07, 6.45) is 1.54. The zero-order valence-electron chi connectivity index (χ0n) is 10.6. The van der Waals surface area contributed by atoms with Crippen LogP contribution in [-0.2, 0) is 0 Å². The number of hydrogen-bond acceptors (Lipinski definition) is 4. The first-order valence-electron chi connectivity index (χ1n) is 5.74. The lowest BCUT2D eigenvalue weighted by Crippen LogP contribution is -2.12. The Bertz CT molecular complexity index is 701. The first-order valence-corrected chi connectivity index (χ1v) is 6.93. The standard InChI is InChI=1S/C14H11ClN2O2S/c1-9-4-2-6-11(12(9)15)13(19)17-14-16-8-10(20-14)5-3-7-18/h2,4,6,8,18H,7H2,1H3,(H,16,17,19). The highest BCUT2D eigenvalue weighted by atomic mass is 35.5. The van der Waals surface area contributed by atoms with Gasteiger partial charge in [-0.3, -0.25) is 10.1 Å². The first kappa shape index (κ1) is 14.5. The van der Waals surface area contributed by atoms with E-state index in [-0.39, 0.29) is 12.5 Å². The molecule has 0 unspecified atom stereocenters. The third-order valence-corrected chi connectivity index (χ3v) is 3.78. The van der Waals surface area contributed by atoms with Crippen LogP contribution in [0.4, 0.5) is 5.13 Å². The molecule has 102 valence electrons. The molecule has 1 amide bonds. The Hall–Kier alpha value is -1.87. The van der Waals surface area contributed by atoms with Crippen LogP contribution in [0.3, 0.4) is 0 Å².